The van der Waals surface area contributed by atoms with Crippen LogP contribution in [-0.4, -0.2) is 31.0 Å². The number of nitro groups is 1. The predicted molar refractivity (Wildman–Crippen MR) is 110 cm³/mol. The molecule has 1 saturated heterocycles. The van der Waals surface area contributed by atoms with E-state index in [1.807, 2.05) is 35.0 Å². The third-order valence-electron chi connectivity index (χ3n) is 4.96. The highest BCUT2D eigenvalue weighted by Crippen LogP contribution is 2.39. The number of nitro benzene ring substituents is 1. The normalized spacial score (nSPS) is 18.9. The Morgan fingerprint density at radius 1 is 1.18 bits per heavy atom. The summed E-state index contributed by atoms with van der Waals surface area (Å²) < 4.78 is 2.04. The van der Waals surface area contributed by atoms with E-state index in [-0.39, 0.29) is 17.8 Å². The van der Waals surface area contributed by atoms with E-state index in [1.165, 1.54) is 12.1 Å². The predicted octanol–water partition coefficient (Wildman–Crippen LogP) is 3.77. The van der Waals surface area contributed by atoms with Crippen molar-refractivity contribution in [1.29, 1.82) is 0 Å². The summed E-state index contributed by atoms with van der Waals surface area (Å²) in [5, 5.41) is 15.1. The van der Waals surface area contributed by atoms with Crippen LogP contribution in [0, 0.1) is 10.1 Å². The van der Waals surface area contributed by atoms with Crippen molar-refractivity contribution in [2.24, 2.45) is 0 Å². The average Bonchev–Trinajstić information content (AvgIpc) is 3.32. The van der Waals surface area contributed by atoms with E-state index >= 15 is 0 Å². The number of nitrogens with zero attached hydrogens (tertiary/aromatic N) is 4. The number of thiocarbonyl (C=S) groups is 1. The number of benzene rings is 1. The maximum atomic E-state index is 11.0. The second kappa shape index (κ2) is 7.40. The van der Waals surface area contributed by atoms with E-state index < -0.39 is 4.92 Å². The van der Waals surface area contributed by atoms with Crippen molar-refractivity contribution in [2.75, 3.05) is 6.54 Å². The van der Waals surface area contributed by atoms with Crippen molar-refractivity contribution in [3.8, 4) is 5.69 Å². The Morgan fingerprint density at radius 3 is 2.61 bits per heavy atom. The van der Waals surface area contributed by atoms with Gasteiger partial charge in [-0.1, -0.05) is 6.07 Å². The van der Waals surface area contributed by atoms with Crippen molar-refractivity contribution in [3.05, 3.63) is 88.5 Å². The van der Waals surface area contributed by atoms with Crippen molar-refractivity contribution in [1.82, 2.24) is 19.8 Å². The molecule has 0 aliphatic carbocycles. The summed E-state index contributed by atoms with van der Waals surface area (Å²) in [7, 11) is 0. The van der Waals surface area contributed by atoms with Gasteiger partial charge in [-0.2, -0.15) is 0 Å². The van der Waals surface area contributed by atoms with Crippen LogP contribution in [-0.2, 0) is 0 Å². The second-order valence-electron chi connectivity index (χ2n) is 6.49. The fourth-order valence-electron chi connectivity index (χ4n) is 3.67. The molecule has 8 heteroatoms. The van der Waals surface area contributed by atoms with Crippen molar-refractivity contribution in [2.45, 2.75) is 19.0 Å². The molecule has 1 fully saturated rings. The molecule has 1 aliphatic heterocycles. The third-order valence-corrected chi connectivity index (χ3v) is 5.31. The summed E-state index contributed by atoms with van der Waals surface area (Å²) in [6, 6.07) is 16.3. The molecule has 0 radical (unpaired) electrons. The molecule has 0 unspecified atom stereocenters. The molecule has 1 N–H and O–H groups in total. The smallest absolute Gasteiger partial charge is 0.269 e. The van der Waals surface area contributed by atoms with Crippen LogP contribution in [0.1, 0.15) is 30.4 Å². The molecule has 2 aromatic heterocycles. The standard InChI is InChI=1S/C20H19N5O2S/c1-2-23-19(18(22-20(23)28)16-6-3-4-12-21-16)17-7-5-13-24(17)14-8-10-15(11-9-14)25(26)27/h3-13,18-19H,2H2,1H3,(H,22,28)/t18-,19-/m1/s1. The molecule has 0 spiro atoms. The first-order valence-electron chi connectivity index (χ1n) is 9.00. The van der Waals surface area contributed by atoms with Crippen LogP contribution in [0.25, 0.3) is 5.69 Å². The first-order valence-corrected chi connectivity index (χ1v) is 9.41. The largest absolute Gasteiger partial charge is 0.352 e. The third kappa shape index (κ3) is 3.11. The molecule has 3 aromatic rings. The first-order chi connectivity index (χ1) is 13.6. The quantitative estimate of drug-likeness (QED) is 0.404. The number of aromatic nitrogens is 2. The molecule has 3 heterocycles. The molecule has 0 bridgehead atoms. The lowest BCUT2D eigenvalue weighted by Crippen LogP contribution is -2.30. The van der Waals surface area contributed by atoms with E-state index in [0.29, 0.717) is 5.11 Å². The molecular formula is C20H19N5O2S. The first kappa shape index (κ1) is 18.1. The van der Waals surface area contributed by atoms with Gasteiger partial charge >= 0.3 is 0 Å². The zero-order valence-corrected chi connectivity index (χ0v) is 16.0. The Morgan fingerprint density at radius 2 is 1.96 bits per heavy atom. The summed E-state index contributed by atoms with van der Waals surface area (Å²) >= 11 is 5.58. The zero-order chi connectivity index (χ0) is 19.7. The Kier molecular flexibility index (Phi) is 4.79. The Hall–Kier alpha value is -3.26. The van der Waals surface area contributed by atoms with Crippen LogP contribution >= 0.6 is 12.2 Å². The SMILES string of the molecule is CCN1C(=S)N[C@H](c2ccccn2)[C@H]1c1cccn1-c1ccc([N+](=O)[O-])cc1. The average molecular weight is 393 g/mol. The van der Waals surface area contributed by atoms with Crippen LogP contribution < -0.4 is 5.32 Å². The lowest BCUT2D eigenvalue weighted by atomic mass is 10.0. The highest BCUT2D eigenvalue weighted by atomic mass is 32.1. The lowest BCUT2D eigenvalue weighted by Gasteiger charge is -2.27. The minimum Gasteiger partial charge on any atom is -0.352 e. The number of nitrogens with one attached hydrogen (secondary N) is 1. The summed E-state index contributed by atoms with van der Waals surface area (Å²) in [5.41, 5.74) is 2.89. The zero-order valence-electron chi connectivity index (χ0n) is 15.2. The van der Waals surface area contributed by atoms with Gasteiger partial charge in [-0.15, -0.1) is 0 Å². The van der Waals surface area contributed by atoms with Crippen LogP contribution in [0.2, 0.25) is 0 Å². The van der Waals surface area contributed by atoms with E-state index in [4.69, 9.17) is 12.2 Å². The fraction of sp³-hybridized carbons (Fsp3) is 0.200. The maximum Gasteiger partial charge on any atom is 0.269 e. The van der Waals surface area contributed by atoms with E-state index in [2.05, 4.69) is 28.2 Å². The highest BCUT2D eigenvalue weighted by molar-refractivity contribution is 7.80. The van der Waals surface area contributed by atoms with Gasteiger partial charge in [0, 0.05) is 42.5 Å². The van der Waals surface area contributed by atoms with Gasteiger partial charge in [0.25, 0.3) is 5.69 Å². The van der Waals surface area contributed by atoms with E-state index in [9.17, 15) is 10.1 Å². The molecule has 142 valence electrons. The van der Waals surface area contributed by atoms with E-state index in [1.54, 1.807) is 18.3 Å². The van der Waals surface area contributed by atoms with Gasteiger partial charge in [-0.25, -0.2) is 0 Å². The highest BCUT2D eigenvalue weighted by Gasteiger charge is 2.40. The number of hydrogen-bond donors (Lipinski definition) is 1. The van der Waals surface area contributed by atoms with Gasteiger partial charge in [0.15, 0.2) is 5.11 Å². The van der Waals surface area contributed by atoms with E-state index in [0.717, 1.165) is 23.6 Å². The molecule has 7 nitrogen and oxygen atoms in total. The molecule has 2 atom stereocenters. The maximum absolute atomic E-state index is 11.0. The minimum atomic E-state index is -0.393. The van der Waals surface area contributed by atoms with Crippen LogP contribution in [0.5, 0.6) is 0 Å². The number of hydrogen-bond acceptors (Lipinski definition) is 4. The molecule has 4 rings (SSSR count). The van der Waals surface area contributed by atoms with Gasteiger partial charge in [0.05, 0.1) is 22.7 Å². The molecule has 0 saturated carbocycles. The monoisotopic (exact) mass is 393 g/mol. The second-order valence-corrected chi connectivity index (χ2v) is 6.88. The fourth-order valence-corrected chi connectivity index (χ4v) is 4.04. The molecule has 28 heavy (non-hydrogen) atoms. The summed E-state index contributed by atoms with van der Waals surface area (Å²) in [4.78, 5) is 17.2. The van der Waals surface area contributed by atoms with Crippen LogP contribution in [0.4, 0.5) is 5.69 Å². The number of rotatable bonds is 5. The molecule has 0 amide bonds. The molecule has 1 aromatic carbocycles. The van der Waals surface area contributed by atoms with Gasteiger partial charge in [0.2, 0.25) is 0 Å². The van der Waals surface area contributed by atoms with Crippen LogP contribution in [0.3, 0.4) is 0 Å². The van der Waals surface area contributed by atoms with Crippen molar-refractivity contribution < 1.29 is 4.92 Å². The van der Waals surface area contributed by atoms with Crippen molar-refractivity contribution >= 4 is 23.0 Å². The molecular weight excluding hydrogens is 374 g/mol. The van der Waals surface area contributed by atoms with Crippen molar-refractivity contribution in [3.63, 3.8) is 0 Å². The number of non-ortho nitro benzene ring substituents is 1. The number of pyridine rings is 1. The Bertz CT molecular complexity index is 1000. The summed E-state index contributed by atoms with van der Waals surface area (Å²) in [6.07, 6.45) is 3.74. The van der Waals surface area contributed by atoms with Gasteiger partial charge in [0.1, 0.15) is 0 Å². The van der Waals surface area contributed by atoms with Crippen LogP contribution in [0.15, 0.2) is 67.0 Å². The Labute approximate surface area is 167 Å². The topological polar surface area (TPSA) is 76.2 Å². The van der Waals surface area contributed by atoms with Gasteiger partial charge in [-0.05, 0) is 55.5 Å². The lowest BCUT2D eigenvalue weighted by molar-refractivity contribution is -0.384. The minimum absolute atomic E-state index is 0.0439. The summed E-state index contributed by atoms with van der Waals surface area (Å²) in [5.74, 6) is 0. The summed E-state index contributed by atoms with van der Waals surface area (Å²) in [6.45, 7) is 2.83. The van der Waals surface area contributed by atoms with Gasteiger partial charge < -0.3 is 14.8 Å². The van der Waals surface area contributed by atoms with Gasteiger partial charge in [-0.3, -0.25) is 15.1 Å². The molecule has 1 aliphatic rings. The Balaban J connectivity index is 1.77. The number of likely N-dealkylation sites (N-methyl/N-ethyl adjacent to an activating group) is 1.